The van der Waals surface area contributed by atoms with E-state index in [4.69, 9.17) is 4.74 Å². The zero-order valence-corrected chi connectivity index (χ0v) is 10.5. The van der Waals surface area contributed by atoms with Crippen LogP contribution < -0.4 is 4.90 Å². The van der Waals surface area contributed by atoms with Crippen molar-refractivity contribution in [1.82, 2.24) is 0 Å². The van der Waals surface area contributed by atoms with Crippen LogP contribution in [0.15, 0.2) is 18.2 Å². The number of hydrogen-bond donors (Lipinski definition) is 0. The van der Waals surface area contributed by atoms with E-state index in [0.29, 0.717) is 12.2 Å². The van der Waals surface area contributed by atoms with Crippen molar-refractivity contribution in [3.05, 3.63) is 29.3 Å². The summed E-state index contributed by atoms with van der Waals surface area (Å²) in [6.07, 6.45) is 1.77. The normalized spacial score (nSPS) is 19.0. The molecule has 1 aromatic rings. The van der Waals surface area contributed by atoms with Gasteiger partial charge in [-0.1, -0.05) is 0 Å². The molecule has 2 aliphatic rings. The highest BCUT2D eigenvalue weighted by Crippen LogP contribution is 2.57. The molecule has 1 spiro atoms. The molecular formula is C14H15NO3. The molecule has 3 rings (SSSR count). The molecule has 1 saturated carbocycles. The molecule has 0 N–H and O–H groups in total. The van der Waals surface area contributed by atoms with Crippen LogP contribution in [-0.4, -0.2) is 25.5 Å². The van der Waals surface area contributed by atoms with Crippen LogP contribution >= 0.6 is 0 Å². The molecule has 0 aromatic heterocycles. The van der Waals surface area contributed by atoms with Gasteiger partial charge in [0.25, 0.3) is 0 Å². The Morgan fingerprint density at radius 2 is 2.17 bits per heavy atom. The topological polar surface area (TPSA) is 46.6 Å². The first-order valence-corrected chi connectivity index (χ1v) is 6.20. The lowest BCUT2D eigenvalue weighted by Gasteiger charge is -2.10. The number of carbonyl (C=O) groups excluding carboxylic acids is 2. The molecule has 0 radical (unpaired) electrons. The van der Waals surface area contributed by atoms with Crippen molar-refractivity contribution in [3.8, 4) is 0 Å². The van der Waals surface area contributed by atoms with E-state index in [1.807, 2.05) is 12.1 Å². The third-order valence-corrected chi connectivity index (χ3v) is 3.85. The third kappa shape index (κ3) is 1.32. The molecule has 0 bridgehead atoms. The number of esters is 1. The Morgan fingerprint density at radius 3 is 2.78 bits per heavy atom. The molecule has 94 valence electrons. The van der Waals surface area contributed by atoms with Crippen LogP contribution in [0, 0.1) is 0 Å². The summed E-state index contributed by atoms with van der Waals surface area (Å²) in [5, 5.41) is 0. The van der Waals surface area contributed by atoms with Gasteiger partial charge >= 0.3 is 5.97 Å². The Bertz CT molecular complexity index is 546. The maximum atomic E-state index is 12.2. The van der Waals surface area contributed by atoms with Crippen LogP contribution in [0.2, 0.25) is 0 Å². The average molecular weight is 245 g/mol. The van der Waals surface area contributed by atoms with Crippen molar-refractivity contribution in [2.45, 2.75) is 25.2 Å². The van der Waals surface area contributed by atoms with Gasteiger partial charge in [0.05, 0.1) is 17.6 Å². The highest BCUT2D eigenvalue weighted by molar-refractivity contribution is 6.10. The lowest BCUT2D eigenvalue weighted by atomic mass is 9.96. The monoisotopic (exact) mass is 245 g/mol. The number of nitrogens with zero attached hydrogens (tertiary/aromatic N) is 1. The molecule has 1 heterocycles. The number of carbonyl (C=O) groups is 2. The van der Waals surface area contributed by atoms with Gasteiger partial charge in [-0.05, 0) is 43.5 Å². The van der Waals surface area contributed by atoms with Crippen molar-refractivity contribution in [3.63, 3.8) is 0 Å². The SMILES string of the molecule is CCOC(=O)c1ccc2c(c1)C1(CC1)C(=O)N2C. The summed E-state index contributed by atoms with van der Waals surface area (Å²) in [4.78, 5) is 25.6. The molecule has 4 heteroatoms. The lowest BCUT2D eigenvalue weighted by molar-refractivity contribution is -0.119. The molecule has 1 aliphatic heterocycles. The van der Waals surface area contributed by atoms with E-state index in [2.05, 4.69) is 0 Å². The number of rotatable bonds is 2. The zero-order valence-electron chi connectivity index (χ0n) is 10.5. The van der Waals surface area contributed by atoms with Gasteiger partial charge in [-0.2, -0.15) is 0 Å². The van der Waals surface area contributed by atoms with Crippen molar-refractivity contribution in [2.24, 2.45) is 0 Å². The maximum absolute atomic E-state index is 12.2. The third-order valence-electron chi connectivity index (χ3n) is 3.85. The summed E-state index contributed by atoms with van der Waals surface area (Å²) in [5.74, 6) is -0.170. The van der Waals surface area contributed by atoms with Gasteiger partial charge in [0.15, 0.2) is 0 Å². The lowest BCUT2D eigenvalue weighted by Crippen LogP contribution is -2.27. The molecular weight excluding hydrogens is 230 g/mol. The van der Waals surface area contributed by atoms with E-state index < -0.39 is 0 Å². The molecule has 1 fully saturated rings. The highest BCUT2D eigenvalue weighted by Gasteiger charge is 2.58. The van der Waals surface area contributed by atoms with Gasteiger partial charge in [-0.15, -0.1) is 0 Å². The van der Waals surface area contributed by atoms with E-state index in [1.165, 1.54) is 0 Å². The fourth-order valence-corrected chi connectivity index (χ4v) is 2.71. The van der Waals surface area contributed by atoms with Crippen molar-refractivity contribution >= 4 is 17.6 Å². The summed E-state index contributed by atoms with van der Waals surface area (Å²) in [7, 11) is 1.79. The number of hydrogen-bond acceptors (Lipinski definition) is 3. The maximum Gasteiger partial charge on any atom is 0.338 e. The van der Waals surface area contributed by atoms with Crippen LogP contribution in [0.5, 0.6) is 0 Å². The molecule has 0 atom stereocenters. The Kier molecular flexibility index (Phi) is 2.24. The fourth-order valence-electron chi connectivity index (χ4n) is 2.71. The van der Waals surface area contributed by atoms with E-state index in [-0.39, 0.29) is 17.3 Å². The van der Waals surface area contributed by atoms with Gasteiger partial charge in [0.2, 0.25) is 5.91 Å². The summed E-state index contributed by atoms with van der Waals surface area (Å²) in [6, 6.07) is 5.39. The summed E-state index contributed by atoms with van der Waals surface area (Å²) in [5.41, 5.74) is 2.10. The fraction of sp³-hybridized carbons (Fsp3) is 0.429. The first kappa shape index (κ1) is 11.3. The molecule has 0 saturated heterocycles. The van der Waals surface area contributed by atoms with Gasteiger partial charge in [-0.25, -0.2) is 4.79 Å². The molecule has 18 heavy (non-hydrogen) atoms. The number of anilines is 1. The quantitative estimate of drug-likeness (QED) is 0.747. The number of likely N-dealkylation sites (N-methyl/N-ethyl adjacent to an activating group) is 1. The predicted molar refractivity (Wildman–Crippen MR) is 66.7 cm³/mol. The van der Waals surface area contributed by atoms with Crippen molar-refractivity contribution in [1.29, 1.82) is 0 Å². The van der Waals surface area contributed by atoms with Crippen LogP contribution in [0.4, 0.5) is 5.69 Å². The van der Waals surface area contributed by atoms with Crippen molar-refractivity contribution < 1.29 is 14.3 Å². The zero-order chi connectivity index (χ0) is 12.9. The minimum absolute atomic E-state index is 0.151. The summed E-state index contributed by atoms with van der Waals surface area (Å²) >= 11 is 0. The van der Waals surface area contributed by atoms with E-state index in [0.717, 1.165) is 24.1 Å². The Balaban J connectivity index is 2.05. The summed E-state index contributed by atoms with van der Waals surface area (Å²) < 4.78 is 4.99. The Labute approximate surface area is 106 Å². The Hall–Kier alpha value is -1.84. The van der Waals surface area contributed by atoms with Crippen LogP contribution in [0.3, 0.4) is 0 Å². The predicted octanol–water partition coefficient (Wildman–Crippen LogP) is 1.87. The van der Waals surface area contributed by atoms with Crippen LogP contribution in [0.25, 0.3) is 0 Å². The second-order valence-electron chi connectivity index (χ2n) is 4.90. The minimum atomic E-state index is -0.341. The molecule has 1 aliphatic carbocycles. The largest absolute Gasteiger partial charge is 0.462 e. The smallest absolute Gasteiger partial charge is 0.338 e. The van der Waals surface area contributed by atoms with E-state index in [9.17, 15) is 9.59 Å². The minimum Gasteiger partial charge on any atom is -0.462 e. The standard InChI is InChI=1S/C14H15NO3/c1-3-18-12(16)9-4-5-11-10(8-9)14(6-7-14)13(17)15(11)2/h4-5,8H,3,6-7H2,1-2H3. The first-order valence-electron chi connectivity index (χ1n) is 6.20. The number of benzene rings is 1. The second-order valence-corrected chi connectivity index (χ2v) is 4.90. The highest BCUT2D eigenvalue weighted by atomic mass is 16.5. The first-order chi connectivity index (χ1) is 8.60. The summed E-state index contributed by atoms with van der Waals surface area (Å²) in [6.45, 7) is 2.14. The van der Waals surface area contributed by atoms with Crippen molar-refractivity contribution in [2.75, 3.05) is 18.6 Å². The average Bonchev–Trinajstić information content (AvgIpc) is 3.14. The van der Waals surface area contributed by atoms with Gasteiger partial charge in [-0.3, -0.25) is 4.79 Å². The Morgan fingerprint density at radius 1 is 1.44 bits per heavy atom. The van der Waals surface area contributed by atoms with Gasteiger partial charge in [0, 0.05) is 12.7 Å². The second kappa shape index (κ2) is 3.57. The number of fused-ring (bicyclic) bond motifs is 2. The van der Waals surface area contributed by atoms with Crippen LogP contribution in [-0.2, 0) is 14.9 Å². The van der Waals surface area contributed by atoms with Crippen LogP contribution in [0.1, 0.15) is 35.7 Å². The number of amides is 1. The van der Waals surface area contributed by atoms with E-state index >= 15 is 0 Å². The van der Waals surface area contributed by atoms with Gasteiger partial charge < -0.3 is 9.64 Å². The molecule has 1 aromatic carbocycles. The van der Waals surface area contributed by atoms with E-state index in [1.54, 1.807) is 24.9 Å². The molecule has 1 amide bonds. The van der Waals surface area contributed by atoms with Gasteiger partial charge in [0.1, 0.15) is 0 Å². The number of ether oxygens (including phenoxy) is 1. The molecule has 4 nitrogen and oxygen atoms in total. The molecule has 0 unspecified atom stereocenters.